The molecule has 1 aliphatic rings. The van der Waals surface area contributed by atoms with Crippen molar-refractivity contribution in [2.24, 2.45) is 0 Å². The Morgan fingerprint density at radius 2 is 1.42 bits per heavy atom. The number of nitrogens with one attached hydrogen (secondary N) is 2. The second kappa shape index (κ2) is 8.96. The maximum atomic E-state index is 14.2. The molecule has 0 aromatic heterocycles. The van der Waals surface area contributed by atoms with Gasteiger partial charge in [-0.2, -0.15) is 13.2 Å². The van der Waals surface area contributed by atoms with Crippen LogP contribution in [0.15, 0.2) is 78.9 Å². The number of esters is 1. The van der Waals surface area contributed by atoms with E-state index in [-0.39, 0.29) is 6.42 Å². The average Bonchev–Trinajstić information content (AvgIpc) is 3.16. The molecule has 2 N–H and O–H groups in total. The zero-order valence-electron chi connectivity index (χ0n) is 17.7. The van der Waals surface area contributed by atoms with Gasteiger partial charge in [-0.3, -0.25) is 10.6 Å². The summed E-state index contributed by atoms with van der Waals surface area (Å²) in [5.41, 5.74) is 2.35. The number of hydrogen-bond acceptors (Lipinski definition) is 4. The first-order chi connectivity index (χ1) is 15.7. The lowest BCUT2D eigenvalue weighted by atomic mass is 9.95. The van der Waals surface area contributed by atoms with Crippen LogP contribution in [-0.2, 0) is 16.0 Å². The Morgan fingerprint density at radius 3 is 1.88 bits per heavy atom. The second-order valence-electron chi connectivity index (χ2n) is 8.04. The van der Waals surface area contributed by atoms with Crippen molar-refractivity contribution in [1.29, 1.82) is 0 Å². The van der Waals surface area contributed by atoms with Crippen molar-refractivity contribution < 1.29 is 27.1 Å². The van der Waals surface area contributed by atoms with Crippen LogP contribution in [0.25, 0.3) is 0 Å². The third kappa shape index (κ3) is 5.07. The van der Waals surface area contributed by atoms with Gasteiger partial charge in [-0.1, -0.05) is 72.8 Å². The molecule has 0 aliphatic carbocycles. The summed E-state index contributed by atoms with van der Waals surface area (Å²) in [5, 5.41) is 6.16. The van der Waals surface area contributed by atoms with Crippen LogP contribution in [0.3, 0.4) is 0 Å². The number of hydrogen-bond donors (Lipinski definition) is 2. The van der Waals surface area contributed by atoms with Gasteiger partial charge >= 0.3 is 12.1 Å². The third-order valence-corrected chi connectivity index (χ3v) is 5.62. The normalized spacial score (nSPS) is 22.8. The molecule has 4 nitrogen and oxygen atoms in total. The quantitative estimate of drug-likeness (QED) is 0.412. The molecule has 2 atom stereocenters. The molecular weight excluding hydrogens is 436 g/mol. The van der Waals surface area contributed by atoms with E-state index in [0.29, 0.717) is 11.1 Å². The van der Waals surface area contributed by atoms with Crippen LogP contribution < -0.4 is 10.6 Å². The number of ether oxygens (including phenoxy) is 1. The highest BCUT2D eigenvalue weighted by Gasteiger charge is 2.52. The van der Waals surface area contributed by atoms with Crippen LogP contribution >= 0.6 is 0 Å². The number of alkyl halides is 3. The Bertz CT molecular complexity index is 1070. The first kappa shape index (κ1) is 22.9. The lowest BCUT2D eigenvalue weighted by Gasteiger charge is -2.31. The molecule has 0 radical (unpaired) electrons. The van der Waals surface area contributed by atoms with Crippen LogP contribution in [0, 0.1) is 12.7 Å². The van der Waals surface area contributed by atoms with E-state index >= 15 is 0 Å². The Morgan fingerprint density at radius 1 is 0.909 bits per heavy atom. The molecule has 8 heteroatoms. The number of benzene rings is 3. The molecule has 0 spiro atoms. The summed E-state index contributed by atoms with van der Waals surface area (Å²) in [7, 11) is 0. The van der Waals surface area contributed by atoms with E-state index in [1.54, 1.807) is 13.0 Å². The van der Waals surface area contributed by atoms with Gasteiger partial charge in [-0.25, -0.2) is 9.18 Å². The van der Waals surface area contributed by atoms with Gasteiger partial charge in [0.2, 0.25) is 5.85 Å². The molecule has 33 heavy (non-hydrogen) atoms. The zero-order chi connectivity index (χ0) is 23.6. The molecule has 1 saturated heterocycles. The molecule has 3 aromatic carbocycles. The molecule has 1 fully saturated rings. The second-order valence-corrected chi connectivity index (χ2v) is 8.04. The summed E-state index contributed by atoms with van der Waals surface area (Å²) in [6, 6.07) is 21.6. The fourth-order valence-corrected chi connectivity index (χ4v) is 4.03. The van der Waals surface area contributed by atoms with E-state index in [4.69, 9.17) is 4.74 Å². The van der Waals surface area contributed by atoms with Crippen LogP contribution in [0.4, 0.5) is 17.6 Å². The Balaban J connectivity index is 1.77. The van der Waals surface area contributed by atoms with Crippen molar-refractivity contribution in [1.82, 2.24) is 10.6 Å². The molecule has 172 valence electrons. The minimum atomic E-state index is -5.19. The Kier molecular flexibility index (Phi) is 6.23. The minimum absolute atomic E-state index is 0.224. The van der Waals surface area contributed by atoms with Crippen molar-refractivity contribution in [3.05, 3.63) is 107 Å². The van der Waals surface area contributed by atoms with Crippen molar-refractivity contribution in [2.75, 3.05) is 0 Å². The van der Waals surface area contributed by atoms with E-state index < -0.39 is 35.9 Å². The Labute approximate surface area is 188 Å². The fraction of sp³-hybridized carbons (Fsp3) is 0.240. The van der Waals surface area contributed by atoms with Crippen molar-refractivity contribution in [3.63, 3.8) is 0 Å². The van der Waals surface area contributed by atoms with Crippen LogP contribution in [-0.4, -0.2) is 18.0 Å². The molecule has 0 saturated carbocycles. The molecule has 4 rings (SSSR count). The monoisotopic (exact) mass is 458 g/mol. The fourth-order valence-electron chi connectivity index (χ4n) is 4.03. The van der Waals surface area contributed by atoms with E-state index in [1.807, 2.05) is 60.7 Å². The highest BCUT2D eigenvalue weighted by atomic mass is 19.4. The predicted molar refractivity (Wildman–Crippen MR) is 114 cm³/mol. The van der Waals surface area contributed by atoms with E-state index in [1.165, 1.54) is 12.1 Å². The Hall–Kier alpha value is -3.23. The van der Waals surface area contributed by atoms with Gasteiger partial charge in [-0.05, 0) is 35.2 Å². The lowest BCUT2D eigenvalue weighted by Crippen LogP contribution is -2.56. The van der Waals surface area contributed by atoms with E-state index in [0.717, 1.165) is 11.1 Å². The number of aryl methyl sites for hydroxylation is 1. The summed E-state index contributed by atoms with van der Waals surface area (Å²) in [4.78, 5) is 11.9. The van der Waals surface area contributed by atoms with E-state index in [9.17, 15) is 22.4 Å². The van der Waals surface area contributed by atoms with Crippen molar-refractivity contribution in [3.8, 4) is 0 Å². The van der Waals surface area contributed by atoms with Gasteiger partial charge in [0, 0.05) is 6.42 Å². The molecule has 1 aliphatic heterocycles. The first-order valence-corrected chi connectivity index (χ1v) is 10.4. The predicted octanol–water partition coefficient (Wildman–Crippen LogP) is 5.11. The zero-order valence-corrected chi connectivity index (χ0v) is 17.7. The SMILES string of the molecule is Cc1ccc(CC2(OC(=O)C(F)(F)F)NC(c3ccccc3)C(c3ccccc3)N2)cc1F. The van der Waals surface area contributed by atoms with Gasteiger partial charge in [0.25, 0.3) is 0 Å². The average molecular weight is 458 g/mol. The number of carbonyl (C=O) groups is 1. The van der Waals surface area contributed by atoms with Gasteiger partial charge in [0.05, 0.1) is 12.1 Å². The van der Waals surface area contributed by atoms with Gasteiger partial charge in [-0.15, -0.1) is 0 Å². The molecule has 0 amide bonds. The number of rotatable bonds is 5. The molecule has 1 heterocycles. The van der Waals surface area contributed by atoms with Gasteiger partial charge in [0.15, 0.2) is 0 Å². The highest BCUT2D eigenvalue weighted by Crippen LogP contribution is 2.39. The highest BCUT2D eigenvalue weighted by molar-refractivity contribution is 5.76. The minimum Gasteiger partial charge on any atom is -0.423 e. The van der Waals surface area contributed by atoms with Gasteiger partial charge < -0.3 is 4.74 Å². The third-order valence-electron chi connectivity index (χ3n) is 5.62. The molecule has 3 aromatic rings. The maximum Gasteiger partial charge on any atom is 0.491 e. The largest absolute Gasteiger partial charge is 0.491 e. The number of halogens is 4. The van der Waals surface area contributed by atoms with Crippen molar-refractivity contribution in [2.45, 2.75) is 37.5 Å². The summed E-state index contributed by atoms with van der Waals surface area (Å²) < 4.78 is 58.8. The molecular formula is C25H22F4N2O2. The van der Waals surface area contributed by atoms with Crippen LogP contribution in [0.5, 0.6) is 0 Å². The summed E-state index contributed by atoms with van der Waals surface area (Å²) >= 11 is 0. The topological polar surface area (TPSA) is 50.4 Å². The van der Waals surface area contributed by atoms with Crippen molar-refractivity contribution >= 4 is 5.97 Å². The molecule has 0 bridgehead atoms. The lowest BCUT2D eigenvalue weighted by molar-refractivity contribution is -0.218. The maximum absolute atomic E-state index is 14.2. The summed E-state index contributed by atoms with van der Waals surface area (Å²) in [6.07, 6.45) is -5.42. The molecule has 2 unspecified atom stereocenters. The van der Waals surface area contributed by atoms with Crippen LogP contribution in [0.1, 0.15) is 34.3 Å². The van der Waals surface area contributed by atoms with E-state index in [2.05, 4.69) is 10.6 Å². The summed E-state index contributed by atoms with van der Waals surface area (Å²) in [5.74, 6) is -4.76. The number of carbonyl (C=O) groups excluding carboxylic acids is 1. The van der Waals surface area contributed by atoms with Gasteiger partial charge in [0.1, 0.15) is 5.82 Å². The standard InChI is InChI=1S/C25H22F4N2O2/c1-16-12-13-17(14-20(16)26)15-24(33-23(32)25(27,28)29)30-21(18-8-4-2-5-9-18)22(31-24)19-10-6-3-7-11-19/h2-14,21-22,30-31H,15H2,1H3. The summed E-state index contributed by atoms with van der Waals surface area (Å²) in [6.45, 7) is 1.58. The van der Waals surface area contributed by atoms with Crippen LogP contribution in [0.2, 0.25) is 0 Å². The smallest absolute Gasteiger partial charge is 0.423 e. The first-order valence-electron chi connectivity index (χ1n) is 10.4.